The molecule has 6 heteroatoms. The molecule has 1 amide bonds. The van der Waals surface area contributed by atoms with Gasteiger partial charge in [-0.1, -0.05) is 19.8 Å². The van der Waals surface area contributed by atoms with E-state index in [1.807, 2.05) is 0 Å². The van der Waals surface area contributed by atoms with E-state index in [9.17, 15) is 4.79 Å². The van der Waals surface area contributed by atoms with Crippen molar-refractivity contribution in [3.63, 3.8) is 0 Å². The molecule has 2 rings (SSSR count). The lowest BCUT2D eigenvalue weighted by molar-refractivity contribution is 0.0897. The second-order valence-corrected chi connectivity index (χ2v) is 5.22. The van der Waals surface area contributed by atoms with Crippen LogP contribution in [0.25, 0.3) is 0 Å². The van der Waals surface area contributed by atoms with Crippen molar-refractivity contribution in [2.45, 2.75) is 51.5 Å². The number of nitrogens with one attached hydrogen (secondary N) is 2. The van der Waals surface area contributed by atoms with Gasteiger partial charge in [0.25, 0.3) is 5.91 Å². The van der Waals surface area contributed by atoms with E-state index < -0.39 is 0 Å². The van der Waals surface area contributed by atoms with Crippen LogP contribution in [0.3, 0.4) is 0 Å². The number of hydrogen-bond donors (Lipinski definition) is 3. The Hall–Kier alpha value is -1.43. The first-order valence-corrected chi connectivity index (χ1v) is 7.16. The highest BCUT2D eigenvalue weighted by atomic mass is 16.2. The van der Waals surface area contributed by atoms with Gasteiger partial charge in [0.05, 0.1) is 0 Å². The van der Waals surface area contributed by atoms with Crippen LogP contribution in [-0.4, -0.2) is 33.7 Å². The van der Waals surface area contributed by atoms with E-state index in [4.69, 9.17) is 5.73 Å². The SMILES string of the molecule is CCCc1nc(C(=O)NC2CCCCC2CN)n[nH]1. The molecule has 19 heavy (non-hydrogen) atoms. The number of carbonyl (C=O) groups is 1. The molecule has 1 aromatic heterocycles. The molecule has 0 spiro atoms. The van der Waals surface area contributed by atoms with Crippen molar-refractivity contribution in [2.24, 2.45) is 11.7 Å². The van der Waals surface area contributed by atoms with Gasteiger partial charge in [-0.15, -0.1) is 5.10 Å². The fraction of sp³-hybridized carbons (Fsp3) is 0.769. The topological polar surface area (TPSA) is 96.7 Å². The summed E-state index contributed by atoms with van der Waals surface area (Å²) >= 11 is 0. The van der Waals surface area contributed by atoms with Crippen molar-refractivity contribution >= 4 is 5.91 Å². The Kier molecular flexibility index (Phi) is 4.90. The normalized spacial score (nSPS) is 23.3. The average molecular weight is 265 g/mol. The van der Waals surface area contributed by atoms with Crippen LogP contribution in [0.1, 0.15) is 55.5 Å². The maximum atomic E-state index is 12.1. The van der Waals surface area contributed by atoms with Crippen molar-refractivity contribution in [3.05, 3.63) is 11.6 Å². The molecule has 4 N–H and O–H groups in total. The molecule has 0 aromatic carbocycles. The molecule has 0 saturated heterocycles. The number of carbonyl (C=O) groups excluding carboxylic acids is 1. The van der Waals surface area contributed by atoms with Crippen LogP contribution in [0.15, 0.2) is 0 Å². The predicted octanol–water partition coefficient (Wildman–Crippen LogP) is 1.00. The number of hydrogen-bond acceptors (Lipinski definition) is 4. The Morgan fingerprint density at radius 1 is 1.47 bits per heavy atom. The van der Waals surface area contributed by atoms with Crippen LogP contribution in [0.2, 0.25) is 0 Å². The summed E-state index contributed by atoms with van der Waals surface area (Å²) in [7, 11) is 0. The zero-order chi connectivity index (χ0) is 13.7. The van der Waals surface area contributed by atoms with Gasteiger partial charge in [-0.2, -0.15) is 0 Å². The molecule has 1 heterocycles. The number of nitrogens with two attached hydrogens (primary N) is 1. The lowest BCUT2D eigenvalue weighted by Crippen LogP contribution is -2.45. The maximum absolute atomic E-state index is 12.1. The van der Waals surface area contributed by atoms with E-state index in [1.54, 1.807) is 0 Å². The quantitative estimate of drug-likeness (QED) is 0.740. The first-order valence-electron chi connectivity index (χ1n) is 7.16. The number of aromatic amines is 1. The summed E-state index contributed by atoms with van der Waals surface area (Å²) in [6, 6.07) is 0.166. The zero-order valence-corrected chi connectivity index (χ0v) is 11.5. The second-order valence-electron chi connectivity index (χ2n) is 5.22. The van der Waals surface area contributed by atoms with Gasteiger partial charge in [-0.25, -0.2) is 4.98 Å². The van der Waals surface area contributed by atoms with Crippen molar-refractivity contribution < 1.29 is 4.79 Å². The van der Waals surface area contributed by atoms with E-state index in [-0.39, 0.29) is 17.8 Å². The monoisotopic (exact) mass is 265 g/mol. The summed E-state index contributed by atoms with van der Waals surface area (Å²) in [5.74, 6) is 1.20. The standard InChI is InChI=1S/C13H23N5O/c1-2-5-11-16-12(18-17-11)13(19)15-10-7-4-3-6-9(10)8-14/h9-10H,2-8,14H2,1H3,(H,15,19)(H,16,17,18). The fourth-order valence-electron chi connectivity index (χ4n) is 2.66. The number of nitrogens with zero attached hydrogens (tertiary/aromatic N) is 2. The molecule has 0 radical (unpaired) electrons. The predicted molar refractivity (Wildman–Crippen MR) is 72.6 cm³/mol. The molecular formula is C13H23N5O. The average Bonchev–Trinajstić information content (AvgIpc) is 2.88. The van der Waals surface area contributed by atoms with Crippen LogP contribution in [0, 0.1) is 5.92 Å². The summed E-state index contributed by atoms with van der Waals surface area (Å²) in [4.78, 5) is 16.3. The minimum atomic E-state index is -0.191. The molecule has 6 nitrogen and oxygen atoms in total. The number of amides is 1. The number of H-pyrrole nitrogens is 1. The molecule has 0 bridgehead atoms. The van der Waals surface area contributed by atoms with E-state index in [0.29, 0.717) is 12.5 Å². The molecule has 0 aliphatic heterocycles. The van der Waals surface area contributed by atoms with Crippen LogP contribution < -0.4 is 11.1 Å². The van der Waals surface area contributed by atoms with E-state index >= 15 is 0 Å². The Morgan fingerprint density at radius 3 is 3.00 bits per heavy atom. The van der Waals surface area contributed by atoms with Gasteiger partial charge in [-0.05, 0) is 31.7 Å². The van der Waals surface area contributed by atoms with Crippen LogP contribution in [0.5, 0.6) is 0 Å². The van der Waals surface area contributed by atoms with Crippen LogP contribution in [-0.2, 0) is 6.42 Å². The fourth-order valence-corrected chi connectivity index (χ4v) is 2.66. The van der Waals surface area contributed by atoms with Crippen LogP contribution in [0.4, 0.5) is 0 Å². The highest BCUT2D eigenvalue weighted by molar-refractivity contribution is 5.90. The van der Waals surface area contributed by atoms with Crippen molar-refractivity contribution in [2.75, 3.05) is 6.54 Å². The summed E-state index contributed by atoms with van der Waals surface area (Å²) in [5, 5.41) is 9.80. The third kappa shape index (κ3) is 3.53. The summed E-state index contributed by atoms with van der Waals surface area (Å²) < 4.78 is 0. The molecule has 2 atom stereocenters. The van der Waals surface area contributed by atoms with Crippen molar-refractivity contribution in [1.29, 1.82) is 0 Å². The lowest BCUT2D eigenvalue weighted by atomic mass is 9.84. The molecule has 1 saturated carbocycles. The smallest absolute Gasteiger partial charge is 0.291 e. The first kappa shape index (κ1) is 14.0. The minimum Gasteiger partial charge on any atom is -0.346 e. The third-order valence-electron chi connectivity index (χ3n) is 3.75. The molecule has 2 unspecified atom stereocenters. The maximum Gasteiger partial charge on any atom is 0.291 e. The number of aryl methyl sites for hydroxylation is 1. The Bertz CT molecular complexity index is 417. The zero-order valence-electron chi connectivity index (χ0n) is 11.5. The molecule has 1 aromatic rings. The number of rotatable bonds is 5. The van der Waals surface area contributed by atoms with Crippen molar-refractivity contribution in [1.82, 2.24) is 20.5 Å². The van der Waals surface area contributed by atoms with Gasteiger partial charge in [0.2, 0.25) is 5.82 Å². The van der Waals surface area contributed by atoms with Crippen molar-refractivity contribution in [3.8, 4) is 0 Å². The second kappa shape index (κ2) is 6.65. The molecule has 1 fully saturated rings. The van der Waals surface area contributed by atoms with Gasteiger partial charge in [-0.3, -0.25) is 9.89 Å². The van der Waals surface area contributed by atoms with Gasteiger partial charge in [0.1, 0.15) is 5.82 Å². The molecule has 106 valence electrons. The van der Waals surface area contributed by atoms with Crippen LogP contribution >= 0.6 is 0 Å². The van der Waals surface area contributed by atoms with Gasteiger partial charge in [0.15, 0.2) is 0 Å². The van der Waals surface area contributed by atoms with Gasteiger partial charge >= 0.3 is 0 Å². The van der Waals surface area contributed by atoms with E-state index in [1.165, 1.54) is 6.42 Å². The Morgan fingerprint density at radius 2 is 2.26 bits per heavy atom. The largest absolute Gasteiger partial charge is 0.346 e. The van der Waals surface area contributed by atoms with E-state index in [2.05, 4.69) is 27.4 Å². The highest BCUT2D eigenvalue weighted by Gasteiger charge is 2.26. The van der Waals surface area contributed by atoms with Gasteiger partial charge < -0.3 is 11.1 Å². The summed E-state index contributed by atoms with van der Waals surface area (Å²) in [5.41, 5.74) is 5.76. The lowest BCUT2D eigenvalue weighted by Gasteiger charge is -2.30. The Labute approximate surface area is 113 Å². The molecular weight excluding hydrogens is 242 g/mol. The summed E-state index contributed by atoms with van der Waals surface area (Å²) in [6.45, 7) is 2.69. The van der Waals surface area contributed by atoms with E-state index in [0.717, 1.165) is 37.9 Å². The third-order valence-corrected chi connectivity index (χ3v) is 3.75. The molecule has 1 aliphatic carbocycles. The number of aromatic nitrogens is 3. The molecule has 1 aliphatic rings. The minimum absolute atomic E-state index is 0.166. The highest BCUT2D eigenvalue weighted by Crippen LogP contribution is 2.23. The Balaban J connectivity index is 1.95. The summed E-state index contributed by atoms with van der Waals surface area (Å²) in [6.07, 6.45) is 6.24. The van der Waals surface area contributed by atoms with Gasteiger partial charge in [0, 0.05) is 12.5 Å². The first-order chi connectivity index (χ1) is 9.24.